The molecule has 1 aliphatic heterocycles. The van der Waals surface area contributed by atoms with Gasteiger partial charge in [-0.05, 0) is 54.1 Å². The highest BCUT2D eigenvalue weighted by Gasteiger charge is 2.28. The van der Waals surface area contributed by atoms with E-state index in [9.17, 15) is 4.39 Å². The van der Waals surface area contributed by atoms with Crippen LogP contribution in [0.15, 0.2) is 48.5 Å². The predicted octanol–water partition coefficient (Wildman–Crippen LogP) is 4.25. The summed E-state index contributed by atoms with van der Waals surface area (Å²) in [6, 6.07) is 15.8. The normalized spacial score (nSPS) is 22.2. The highest BCUT2D eigenvalue weighted by Crippen LogP contribution is 2.38. The van der Waals surface area contributed by atoms with Crippen molar-refractivity contribution >= 4 is 0 Å². The maximum atomic E-state index is 13.2. The minimum absolute atomic E-state index is 0.159. The van der Waals surface area contributed by atoms with Crippen LogP contribution in [0, 0.1) is 5.82 Å². The van der Waals surface area contributed by atoms with E-state index in [-0.39, 0.29) is 5.82 Å². The van der Waals surface area contributed by atoms with Crippen molar-refractivity contribution in [2.75, 3.05) is 13.1 Å². The summed E-state index contributed by atoms with van der Waals surface area (Å²) < 4.78 is 13.2. The Balaban J connectivity index is 1.96. The van der Waals surface area contributed by atoms with Gasteiger partial charge in [0.2, 0.25) is 0 Å². The molecule has 1 N–H and O–H groups in total. The first-order valence-corrected chi connectivity index (χ1v) is 7.83. The topological polar surface area (TPSA) is 12.0 Å². The van der Waals surface area contributed by atoms with E-state index in [0.29, 0.717) is 11.8 Å². The summed E-state index contributed by atoms with van der Waals surface area (Å²) in [6.45, 7) is 4.24. The quantitative estimate of drug-likeness (QED) is 0.888. The first-order chi connectivity index (χ1) is 10.3. The fourth-order valence-electron chi connectivity index (χ4n) is 3.51. The molecule has 0 bridgehead atoms. The van der Waals surface area contributed by atoms with Crippen LogP contribution < -0.4 is 5.32 Å². The Kier molecular flexibility index (Phi) is 4.35. The van der Waals surface area contributed by atoms with Gasteiger partial charge in [-0.3, -0.25) is 0 Å². The van der Waals surface area contributed by atoms with Gasteiger partial charge in [-0.1, -0.05) is 43.3 Å². The molecule has 3 rings (SSSR count). The van der Waals surface area contributed by atoms with Crippen molar-refractivity contribution in [3.63, 3.8) is 0 Å². The standard InChI is InChI=1S/C19H22FN/c1-2-14-5-3-4-6-17(14)18-11-12-21-13-19(18)15-7-9-16(20)10-8-15/h3-10,18-19,21H,2,11-13H2,1H3. The smallest absolute Gasteiger partial charge is 0.123 e. The van der Waals surface area contributed by atoms with Gasteiger partial charge >= 0.3 is 0 Å². The van der Waals surface area contributed by atoms with Gasteiger partial charge in [-0.2, -0.15) is 0 Å². The van der Waals surface area contributed by atoms with E-state index in [1.807, 2.05) is 12.1 Å². The minimum atomic E-state index is -0.159. The molecule has 2 aromatic rings. The summed E-state index contributed by atoms with van der Waals surface area (Å²) in [5, 5.41) is 3.49. The maximum Gasteiger partial charge on any atom is 0.123 e. The Bertz CT molecular complexity index is 591. The summed E-state index contributed by atoms with van der Waals surface area (Å²) in [5.74, 6) is 0.785. The van der Waals surface area contributed by atoms with Crippen molar-refractivity contribution in [2.24, 2.45) is 0 Å². The molecular formula is C19H22FN. The van der Waals surface area contributed by atoms with Crippen LogP contribution in [0.25, 0.3) is 0 Å². The van der Waals surface area contributed by atoms with Crippen LogP contribution in [0.1, 0.15) is 41.9 Å². The largest absolute Gasteiger partial charge is 0.316 e. The van der Waals surface area contributed by atoms with Crippen molar-refractivity contribution in [3.8, 4) is 0 Å². The molecule has 2 atom stereocenters. The van der Waals surface area contributed by atoms with E-state index in [1.165, 1.54) is 16.7 Å². The molecule has 2 aromatic carbocycles. The monoisotopic (exact) mass is 283 g/mol. The van der Waals surface area contributed by atoms with Crippen LogP contribution in [-0.4, -0.2) is 13.1 Å². The number of rotatable bonds is 3. The number of aryl methyl sites for hydroxylation is 1. The number of nitrogens with one attached hydrogen (secondary N) is 1. The first-order valence-electron chi connectivity index (χ1n) is 7.83. The third-order valence-corrected chi connectivity index (χ3v) is 4.62. The maximum absolute atomic E-state index is 13.2. The molecule has 0 radical (unpaired) electrons. The molecule has 1 saturated heterocycles. The molecule has 0 amide bonds. The Labute approximate surface area is 126 Å². The van der Waals surface area contributed by atoms with Crippen LogP contribution in [-0.2, 0) is 6.42 Å². The fourth-order valence-corrected chi connectivity index (χ4v) is 3.51. The molecule has 1 heterocycles. The molecule has 21 heavy (non-hydrogen) atoms. The lowest BCUT2D eigenvalue weighted by Crippen LogP contribution is -2.34. The van der Waals surface area contributed by atoms with Crippen molar-refractivity contribution in [1.82, 2.24) is 5.32 Å². The van der Waals surface area contributed by atoms with Crippen LogP contribution in [0.5, 0.6) is 0 Å². The van der Waals surface area contributed by atoms with Crippen molar-refractivity contribution in [2.45, 2.75) is 31.6 Å². The van der Waals surface area contributed by atoms with Gasteiger partial charge in [-0.15, -0.1) is 0 Å². The zero-order chi connectivity index (χ0) is 14.7. The SMILES string of the molecule is CCc1ccccc1C1CCNCC1c1ccc(F)cc1. The Morgan fingerprint density at radius 2 is 1.81 bits per heavy atom. The van der Waals surface area contributed by atoms with Gasteiger partial charge in [0.15, 0.2) is 0 Å². The van der Waals surface area contributed by atoms with Gasteiger partial charge in [0.05, 0.1) is 0 Å². The van der Waals surface area contributed by atoms with Crippen molar-refractivity contribution in [1.29, 1.82) is 0 Å². The molecule has 0 aromatic heterocycles. The lowest BCUT2D eigenvalue weighted by Gasteiger charge is -2.34. The fraction of sp³-hybridized carbons (Fsp3) is 0.368. The van der Waals surface area contributed by atoms with E-state index >= 15 is 0 Å². The predicted molar refractivity (Wildman–Crippen MR) is 85.2 cm³/mol. The highest BCUT2D eigenvalue weighted by atomic mass is 19.1. The molecule has 2 unspecified atom stereocenters. The summed E-state index contributed by atoms with van der Waals surface area (Å²) in [5.41, 5.74) is 4.15. The number of benzene rings is 2. The summed E-state index contributed by atoms with van der Waals surface area (Å²) in [4.78, 5) is 0. The Morgan fingerprint density at radius 3 is 2.57 bits per heavy atom. The van der Waals surface area contributed by atoms with Gasteiger partial charge in [0.25, 0.3) is 0 Å². The second kappa shape index (κ2) is 6.40. The second-order valence-electron chi connectivity index (χ2n) is 5.81. The van der Waals surface area contributed by atoms with Gasteiger partial charge < -0.3 is 5.32 Å². The van der Waals surface area contributed by atoms with Crippen LogP contribution in [0.3, 0.4) is 0 Å². The second-order valence-corrected chi connectivity index (χ2v) is 5.81. The van der Waals surface area contributed by atoms with Gasteiger partial charge in [0.1, 0.15) is 5.82 Å². The number of hydrogen-bond acceptors (Lipinski definition) is 1. The van der Waals surface area contributed by atoms with Crippen molar-refractivity contribution in [3.05, 3.63) is 71.0 Å². The Hall–Kier alpha value is -1.67. The van der Waals surface area contributed by atoms with E-state index in [1.54, 1.807) is 12.1 Å². The molecule has 0 spiro atoms. The highest BCUT2D eigenvalue weighted by molar-refractivity contribution is 5.35. The van der Waals surface area contributed by atoms with Crippen molar-refractivity contribution < 1.29 is 4.39 Å². The van der Waals surface area contributed by atoms with E-state index < -0.39 is 0 Å². The molecule has 2 heteroatoms. The Morgan fingerprint density at radius 1 is 1.05 bits per heavy atom. The summed E-state index contributed by atoms with van der Waals surface area (Å²) in [7, 11) is 0. The molecule has 110 valence electrons. The van der Waals surface area contributed by atoms with Crippen LogP contribution in [0.4, 0.5) is 4.39 Å². The summed E-state index contributed by atoms with van der Waals surface area (Å²) in [6.07, 6.45) is 2.20. The number of hydrogen-bond donors (Lipinski definition) is 1. The van der Waals surface area contributed by atoms with E-state index in [4.69, 9.17) is 0 Å². The van der Waals surface area contributed by atoms with Crippen LogP contribution >= 0.6 is 0 Å². The number of halogens is 1. The lowest BCUT2D eigenvalue weighted by atomic mass is 9.76. The van der Waals surface area contributed by atoms with E-state index in [0.717, 1.165) is 25.9 Å². The van der Waals surface area contributed by atoms with Gasteiger partial charge in [0, 0.05) is 12.5 Å². The average molecular weight is 283 g/mol. The molecule has 1 aliphatic rings. The third kappa shape index (κ3) is 3.01. The summed E-state index contributed by atoms with van der Waals surface area (Å²) >= 11 is 0. The lowest BCUT2D eigenvalue weighted by molar-refractivity contribution is 0.402. The third-order valence-electron chi connectivity index (χ3n) is 4.62. The van der Waals surface area contributed by atoms with Crippen LogP contribution in [0.2, 0.25) is 0 Å². The first kappa shape index (κ1) is 14.3. The molecule has 0 aliphatic carbocycles. The molecular weight excluding hydrogens is 261 g/mol. The molecule has 0 saturated carbocycles. The minimum Gasteiger partial charge on any atom is -0.316 e. The molecule has 1 nitrogen and oxygen atoms in total. The van der Waals surface area contributed by atoms with Gasteiger partial charge in [-0.25, -0.2) is 4.39 Å². The number of piperidine rings is 1. The zero-order valence-electron chi connectivity index (χ0n) is 12.5. The average Bonchev–Trinajstić information content (AvgIpc) is 2.55. The zero-order valence-corrected chi connectivity index (χ0v) is 12.5. The van der Waals surface area contributed by atoms with E-state index in [2.05, 4.69) is 36.5 Å². The molecule has 1 fully saturated rings.